The largest absolute Gasteiger partial charge is 0.493 e. The first-order valence-corrected chi connectivity index (χ1v) is 11.4. The van der Waals surface area contributed by atoms with Gasteiger partial charge in [0.05, 0.1) is 7.11 Å². The third kappa shape index (κ3) is 5.57. The molecule has 0 atom stereocenters. The van der Waals surface area contributed by atoms with Crippen LogP contribution >= 0.6 is 0 Å². The summed E-state index contributed by atoms with van der Waals surface area (Å²) in [4.78, 5) is 2.50. The number of hydrogen-bond acceptors (Lipinski definition) is 4. The molecule has 1 aliphatic rings. The highest BCUT2D eigenvalue weighted by molar-refractivity contribution is 5.85. The lowest BCUT2D eigenvalue weighted by molar-refractivity contribution is 0.153. The summed E-state index contributed by atoms with van der Waals surface area (Å²) in [6.45, 7) is 3.76. The second kappa shape index (κ2) is 11.0. The molecule has 0 bridgehead atoms. The van der Waals surface area contributed by atoms with E-state index in [1.54, 1.807) is 7.11 Å². The van der Waals surface area contributed by atoms with Gasteiger partial charge in [-0.15, -0.1) is 0 Å². The van der Waals surface area contributed by atoms with Crippen molar-refractivity contribution in [1.29, 1.82) is 5.41 Å². The van der Waals surface area contributed by atoms with Crippen LogP contribution in [0.2, 0.25) is 0 Å². The molecule has 166 valence electrons. The van der Waals surface area contributed by atoms with Crippen LogP contribution in [0, 0.1) is 11.3 Å². The van der Waals surface area contributed by atoms with Gasteiger partial charge in [-0.05, 0) is 67.1 Å². The fourth-order valence-electron chi connectivity index (χ4n) is 4.48. The van der Waals surface area contributed by atoms with Gasteiger partial charge in [0.2, 0.25) is 0 Å². The van der Waals surface area contributed by atoms with Gasteiger partial charge < -0.3 is 14.9 Å². The lowest BCUT2D eigenvalue weighted by atomic mass is 9.90. The first-order chi connectivity index (χ1) is 15.8. The van der Waals surface area contributed by atoms with Crippen molar-refractivity contribution in [2.75, 3.05) is 33.4 Å². The number of hydrogen-bond donors (Lipinski definition) is 1. The standard InChI is InChI=1S/C28H32N2O2/c1-31-27-20-24(21-29)19-26(25-10-6-3-7-11-25)28(27)32-17-16-30-14-12-23(13-15-30)18-22-8-4-2-5-9-22/h2-11,19-21,23,29H,12-18H2,1H3. The van der Waals surface area contributed by atoms with Crippen LogP contribution in [0.5, 0.6) is 11.5 Å². The predicted octanol–water partition coefficient (Wildman–Crippen LogP) is 5.69. The zero-order valence-electron chi connectivity index (χ0n) is 18.8. The molecule has 32 heavy (non-hydrogen) atoms. The lowest BCUT2D eigenvalue weighted by Gasteiger charge is -2.32. The summed E-state index contributed by atoms with van der Waals surface area (Å²) in [5, 5.41) is 7.68. The zero-order chi connectivity index (χ0) is 22.2. The topological polar surface area (TPSA) is 45.6 Å². The van der Waals surface area contributed by atoms with Crippen LogP contribution < -0.4 is 9.47 Å². The van der Waals surface area contributed by atoms with E-state index in [0.717, 1.165) is 48.0 Å². The number of likely N-dealkylation sites (tertiary alicyclic amines) is 1. The third-order valence-corrected chi connectivity index (χ3v) is 6.28. The molecule has 4 nitrogen and oxygen atoms in total. The number of nitrogens with one attached hydrogen (secondary N) is 1. The molecule has 0 unspecified atom stereocenters. The van der Waals surface area contributed by atoms with Crippen molar-refractivity contribution < 1.29 is 9.47 Å². The van der Waals surface area contributed by atoms with Crippen molar-refractivity contribution in [2.24, 2.45) is 5.92 Å². The summed E-state index contributed by atoms with van der Waals surface area (Å²) in [7, 11) is 1.65. The number of ether oxygens (including phenoxy) is 2. The van der Waals surface area contributed by atoms with Crippen molar-refractivity contribution in [3.05, 3.63) is 83.9 Å². The van der Waals surface area contributed by atoms with E-state index in [9.17, 15) is 0 Å². The number of piperidine rings is 1. The first kappa shape index (κ1) is 22.1. The maximum Gasteiger partial charge on any atom is 0.169 e. The Morgan fingerprint density at radius 3 is 2.31 bits per heavy atom. The van der Waals surface area contributed by atoms with Gasteiger partial charge in [-0.1, -0.05) is 60.7 Å². The Morgan fingerprint density at radius 1 is 0.969 bits per heavy atom. The average molecular weight is 429 g/mol. The molecule has 1 aliphatic heterocycles. The molecule has 1 heterocycles. The summed E-state index contributed by atoms with van der Waals surface area (Å²) in [6.07, 6.45) is 5.00. The first-order valence-electron chi connectivity index (χ1n) is 11.4. The smallest absolute Gasteiger partial charge is 0.169 e. The molecule has 3 aromatic carbocycles. The van der Waals surface area contributed by atoms with Gasteiger partial charge in [0.25, 0.3) is 0 Å². The highest BCUT2D eigenvalue weighted by atomic mass is 16.5. The van der Waals surface area contributed by atoms with E-state index in [2.05, 4.69) is 47.4 Å². The number of benzene rings is 3. The molecular weight excluding hydrogens is 396 g/mol. The lowest BCUT2D eigenvalue weighted by Crippen LogP contribution is -2.37. The Labute approximate surface area is 191 Å². The van der Waals surface area contributed by atoms with E-state index >= 15 is 0 Å². The van der Waals surface area contributed by atoms with E-state index in [0.29, 0.717) is 12.4 Å². The fraction of sp³-hybridized carbons (Fsp3) is 0.321. The van der Waals surface area contributed by atoms with Gasteiger partial charge in [-0.3, -0.25) is 4.90 Å². The molecule has 0 spiro atoms. The van der Waals surface area contributed by atoms with Crippen LogP contribution in [0.15, 0.2) is 72.8 Å². The molecule has 0 radical (unpaired) electrons. The van der Waals surface area contributed by atoms with E-state index < -0.39 is 0 Å². The number of methoxy groups -OCH3 is 1. The minimum absolute atomic E-state index is 0.615. The minimum Gasteiger partial charge on any atom is -0.493 e. The Kier molecular flexibility index (Phi) is 7.57. The van der Waals surface area contributed by atoms with Crippen molar-refractivity contribution in [1.82, 2.24) is 4.90 Å². The Balaban J connectivity index is 1.36. The Morgan fingerprint density at radius 2 is 1.66 bits per heavy atom. The van der Waals surface area contributed by atoms with Crippen LogP contribution in [0.1, 0.15) is 24.0 Å². The maximum atomic E-state index is 7.68. The van der Waals surface area contributed by atoms with Gasteiger partial charge in [0.15, 0.2) is 11.5 Å². The second-order valence-electron chi connectivity index (χ2n) is 8.43. The van der Waals surface area contributed by atoms with Gasteiger partial charge in [-0.25, -0.2) is 0 Å². The summed E-state index contributed by atoms with van der Waals surface area (Å²) in [5.41, 5.74) is 4.27. The molecule has 3 aromatic rings. The molecule has 0 aliphatic carbocycles. The van der Waals surface area contributed by atoms with E-state index in [1.807, 2.05) is 30.3 Å². The van der Waals surface area contributed by atoms with Crippen LogP contribution in [0.3, 0.4) is 0 Å². The monoisotopic (exact) mass is 428 g/mol. The van der Waals surface area contributed by atoms with E-state index in [4.69, 9.17) is 14.9 Å². The van der Waals surface area contributed by atoms with Crippen molar-refractivity contribution in [3.8, 4) is 22.6 Å². The molecule has 1 fully saturated rings. The van der Waals surface area contributed by atoms with Crippen molar-refractivity contribution in [3.63, 3.8) is 0 Å². The fourth-order valence-corrected chi connectivity index (χ4v) is 4.48. The third-order valence-electron chi connectivity index (χ3n) is 6.28. The predicted molar refractivity (Wildman–Crippen MR) is 131 cm³/mol. The molecule has 1 N–H and O–H groups in total. The minimum atomic E-state index is 0.615. The summed E-state index contributed by atoms with van der Waals surface area (Å²) >= 11 is 0. The highest BCUT2D eigenvalue weighted by Crippen LogP contribution is 2.39. The highest BCUT2D eigenvalue weighted by Gasteiger charge is 2.20. The van der Waals surface area contributed by atoms with Gasteiger partial charge in [0, 0.05) is 18.3 Å². The number of nitrogens with zero attached hydrogens (tertiary/aromatic N) is 1. The molecule has 0 amide bonds. The summed E-state index contributed by atoms with van der Waals surface area (Å²) in [6, 6.07) is 24.8. The van der Waals surface area contributed by atoms with Crippen LogP contribution in [0.4, 0.5) is 0 Å². The Bertz CT molecular complexity index is 997. The van der Waals surface area contributed by atoms with Gasteiger partial charge >= 0.3 is 0 Å². The molecule has 1 saturated heterocycles. The molecule has 4 rings (SSSR count). The molecular formula is C28H32N2O2. The SMILES string of the molecule is COc1cc(C=N)cc(-c2ccccc2)c1OCCN1CCC(Cc2ccccc2)CC1. The summed E-state index contributed by atoms with van der Waals surface area (Å²) < 4.78 is 11.9. The summed E-state index contributed by atoms with van der Waals surface area (Å²) in [5.74, 6) is 2.20. The van der Waals surface area contributed by atoms with Crippen LogP contribution in [-0.2, 0) is 6.42 Å². The maximum absolute atomic E-state index is 7.68. The molecule has 0 saturated carbocycles. The zero-order valence-corrected chi connectivity index (χ0v) is 18.8. The van der Waals surface area contributed by atoms with Crippen LogP contribution in [0.25, 0.3) is 11.1 Å². The second-order valence-corrected chi connectivity index (χ2v) is 8.43. The van der Waals surface area contributed by atoms with Gasteiger partial charge in [-0.2, -0.15) is 0 Å². The van der Waals surface area contributed by atoms with Crippen molar-refractivity contribution >= 4 is 6.21 Å². The van der Waals surface area contributed by atoms with Gasteiger partial charge in [0.1, 0.15) is 6.61 Å². The quantitative estimate of drug-likeness (QED) is 0.445. The normalized spacial score (nSPS) is 14.8. The van der Waals surface area contributed by atoms with E-state index in [1.165, 1.54) is 31.0 Å². The van der Waals surface area contributed by atoms with Crippen LogP contribution in [-0.4, -0.2) is 44.5 Å². The van der Waals surface area contributed by atoms with E-state index in [-0.39, 0.29) is 0 Å². The van der Waals surface area contributed by atoms with Crippen molar-refractivity contribution in [2.45, 2.75) is 19.3 Å². The Hall–Kier alpha value is -3.11. The molecule has 0 aromatic heterocycles. The molecule has 4 heteroatoms. The number of rotatable bonds is 9. The average Bonchev–Trinajstić information content (AvgIpc) is 2.86.